The molecule has 0 unspecified atom stereocenters. The lowest BCUT2D eigenvalue weighted by molar-refractivity contribution is 0.0315. The average molecular weight is 206 g/mol. The van der Waals surface area contributed by atoms with Crippen LogP contribution in [0.5, 0.6) is 5.75 Å². The van der Waals surface area contributed by atoms with Crippen molar-refractivity contribution in [3.63, 3.8) is 0 Å². The Morgan fingerprint density at radius 2 is 1.93 bits per heavy atom. The minimum atomic E-state index is -0.417. The zero-order chi connectivity index (χ0) is 10.7. The monoisotopic (exact) mass is 206 g/mol. The Hall–Kier alpha value is -1.51. The molecule has 1 saturated carbocycles. The predicted molar refractivity (Wildman–Crippen MR) is 55.8 cm³/mol. The van der Waals surface area contributed by atoms with Gasteiger partial charge in [-0.15, -0.1) is 0 Å². The van der Waals surface area contributed by atoms with Crippen molar-refractivity contribution in [2.45, 2.75) is 31.8 Å². The number of phenols is 1. The number of phenolic OH excluding ortho intramolecular Hbond substituents is 1. The highest BCUT2D eigenvalue weighted by atomic mass is 16.5. The van der Waals surface area contributed by atoms with Crippen LogP contribution >= 0.6 is 0 Å². The molecule has 0 saturated heterocycles. The Morgan fingerprint density at radius 1 is 1.27 bits per heavy atom. The largest absolute Gasteiger partial charge is 0.507 e. The second-order valence-electron chi connectivity index (χ2n) is 3.83. The van der Waals surface area contributed by atoms with E-state index in [1.807, 2.05) is 0 Å². The van der Waals surface area contributed by atoms with E-state index in [1.165, 1.54) is 6.07 Å². The maximum atomic E-state index is 11.6. The van der Waals surface area contributed by atoms with Crippen LogP contribution in [0.4, 0.5) is 0 Å². The zero-order valence-electron chi connectivity index (χ0n) is 8.48. The van der Waals surface area contributed by atoms with Crippen LogP contribution < -0.4 is 0 Å². The molecule has 0 bridgehead atoms. The van der Waals surface area contributed by atoms with E-state index in [0.717, 1.165) is 25.7 Å². The second kappa shape index (κ2) is 4.34. The van der Waals surface area contributed by atoms with Gasteiger partial charge in [0.1, 0.15) is 17.4 Å². The molecule has 0 aromatic heterocycles. The highest BCUT2D eigenvalue weighted by Gasteiger charge is 2.21. The molecular weight excluding hydrogens is 192 g/mol. The first-order valence-electron chi connectivity index (χ1n) is 5.26. The molecule has 0 aliphatic heterocycles. The summed E-state index contributed by atoms with van der Waals surface area (Å²) in [7, 11) is 0. The number of para-hydroxylation sites is 1. The number of hydrogen-bond acceptors (Lipinski definition) is 3. The summed E-state index contributed by atoms with van der Waals surface area (Å²) < 4.78 is 5.28. The van der Waals surface area contributed by atoms with Crippen LogP contribution in [-0.2, 0) is 4.74 Å². The average Bonchev–Trinajstić information content (AvgIpc) is 2.71. The van der Waals surface area contributed by atoms with Gasteiger partial charge in [0.05, 0.1) is 0 Å². The normalized spacial score (nSPS) is 16.5. The van der Waals surface area contributed by atoms with E-state index in [1.54, 1.807) is 18.2 Å². The molecule has 15 heavy (non-hydrogen) atoms. The van der Waals surface area contributed by atoms with Crippen LogP contribution in [0.25, 0.3) is 0 Å². The molecule has 80 valence electrons. The quantitative estimate of drug-likeness (QED) is 0.756. The summed E-state index contributed by atoms with van der Waals surface area (Å²) in [5.41, 5.74) is 0.254. The molecule has 0 spiro atoms. The summed E-state index contributed by atoms with van der Waals surface area (Å²) in [6, 6.07) is 6.46. The molecule has 1 aliphatic rings. The number of benzene rings is 1. The van der Waals surface area contributed by atoms with Gasteiger partial charge in [-0.2, -0.15) is 0 Å². The first-order chi connectivity index (χ1) is 7.27. The van der Waals surface area contributed by atoms with Gasteiger partial charge in [0, 0.05) is 0 Å². The van der Waals surface area contributed by atoms with Gasteiger partial charge in [0.25, 0.3) is 0 Å². The number of aromatic hydroxyl groups is 1. The molecule has 0 heterocycles. The molecule has 0 atom stereocenters. The van der Waals surface area contributed by atoms with Crippen molar-refractivity contribution >= 4 is 5.97 Å². The van der Waals surface area contributed by atoms with E-state index in [-0.39, 0.29) is 17.4 Å². The van der Waals surface area contributed by atoms with Gasteiger partial charge in [-0.3, -0.25) is 0 Å². The molecule has 0 radical (unpaired) electrons. The van der Waals surface area contributed by atoms with Crippen LogP contribution in [-0.4, -0.2) is 17.2 Å². The van der Waals surface area contributed by atoms with Crippen molar-refractivity contribution in [3.8, 4) is 5.75 Å². The van der Waals surface area contributed by atoms with Gasteiger partial charge in [0.2, 0.25) is 0 Å². The zero-order valence-corrected chi connectivity index (χ0v) is 8.48. The van der Waals surface area contributed by atoms with Gasteiger partial charge in [-0.25, -0.2) is 4.79 Å². The molecule has 3 heteroatoms. The Kier molecular flexibility index (Phi) is 2.90. The van der Waals surface area contributed by atoms with E-state index in [9.17, 15) is 9.90 Å². The molecule has 1 N–H and O–H groups in total. The summed E-state index contributed by atoms with van der Waals surface area (Å²) in [5, 5.41) is 9.45. The Labute approximate surface area is 88.7 Å². The molecule has 2 rings (SSSR count). The molecule has 3 nitrogen and oxygen atoms in total. The topological polar surface area (TPSA) is 46.5 Å². The van der Waals surface area contributed by atoms with Crippen molar-refractivity contribution < 1.29 is 14.6 Å². The summed E-state index contributed by atoms with van der Waals surface area (Å²) in [6.45, 7) is 0. The summed E-state index contributed by atoms with van der Waals surface area (Å²) in [5.74, 6) is -0.430. The van der Waals surface area contributed by atoms with E-state index >= 15 is 0 Å². The first kappa shape index (κ1) is 10.0. The van der Waals surface area contributed by atoms with Crippen LogP contribution in [0, 0.1) is 0 Å². The Morgan fingerprint density at radius 3 is 2.60 bits per heavy atom. The lowest BCUT2D eigenvalue weighted by atomic mass is 10.2. The van der Waals surface area contributed by atoms with E-state index in [2.05, 4.69) is 0 Å². The van der Waals surface area contributed by atoms with E-state index in [4.69, 9.17) is 4.74 Å². The van der Waals surface area contributed by atoms with Gasteiger partial charge in [0.15, 0.2) is 0 Å². The number of carbonyl (C=O) groups is 1. The van der Waals surface area contributed by atoms with Gasteiger partial charge >= 0.3 is 5.97 Å². The fourth-order valence-corrected chi connectivity index (χ4v) is 1.87. The van der Waals surface area contributed by atoms with Crippen LogP contribution in [0.15, 0.2) is 24.3 Å². The highest BCUT2D eigenvalue weighted by Crippen LogP contribution is 2.24. The fourth-order valence-electron chi connectivity index (χ4n) is 1.87. The third kappa shape index (κ3) is 2.29. The maximum absolute atomic E-state index is 11.6. The van der Waals surface area contributed by atoms with Crippen LogP contribution in [0.2, 0.25) is 0 Å². The predicted octanol–water partition coefficient (Wildman–Crippen LogP) is 2.49. The number of hydrogen-bond donors (Lipinski definition) is 1. The molecule has 1 fully saturated rings. The number of ether oxygens (including phenoxy) is 1. The molecule has 1 aromatic rings. The third-order valence-corrected chi connectivity index (χ3v) is 2.70. The standard InChI is InChI=1S/C12H14O3/c13-11-8-4-3-7-10(11)12(14)15-9-5-1-2-6-9/h3-4,7-9,13H,1-2,5-6H2. The first-order valence-corrected chi connectivity index (χ1v) is 5.26. The summed E-state index contributed by atoms with van der Waals surface area (Å²) >= 11 is 0. The summed E-state index contributed by atoms with van der Waals surface area (Å²) in [6.07, 6.45) is 4.17. The molecule has 1 aliphatic carbocycles. The molecular formula is C12H14O3. The number of carbonyl (C=O) groups excluding carboxylic acids is 1. The third-order valence-electron chi connectivity index (χ3n) is 2.70. The van der Waals surface area contributed by atoms with Crippen LogP contribution in [0.1, 0.15) is 36.0 Å². The number of rotatable bonds is 2. The lowest BCUT2D eigenvalue weighted by Crippen LogP contribution is -2.14. The van der Waals surface area contributed by atoms with Crippen molar-refractivity contribution in [2.24, 2.45) is 0 Å². The number of esters is 1. The van der Waals surface area contributed by atoms with Crippen molar-refractivity contribution in [3.05, 3.63) is 29.8 Å². The van der Waals surface area contributed by atoms with Crippen molar-refractivity contribution in [1.29, 1.82) is 0 Å². The minimum absolute atomic E-state index is 0.0134. The summed E-state index contributed by atoms with van der Waals surface area (Å²) in [4.78, 5) is 11.6. The van der Waals surface area contributed by atoms with Crippen molar-refractivity contribution in [1.82, 2.24) is 0 Å². The highest BCUT2D eigenvalue weighted by molar-refractivity contribution is 5.92. The van der Waals surface area contributed by atoms with Gasteiger partial charge in [-0.05, 0) is 37.8 Å². The Bertz CT molecular complexity index is 354. The minimum Gasteiger partial charge on any atom is -0.507 e. The second-order valence-corrected chi connectivity index (χ2v) is 3.83. The SMILES string of the molecule is O=C(OC1CCCC1)c1ccccc1O. The van der Waals surface area contributed by atoms with E-state index < -0.39 is 5.97 Å². The van der Waals surface area contributed by atoms with Gasteiger partial charge < -0.3 is 9.84 Å². The lowest BCUT2D eigenvalue weighted by Gasteiger charge is -2.11. The fraction of sp³-hybridized carbons (Fsp3) is 0.417. The Balaban J connectivity index is 2.04. The maximum Gasteiger partial charge on any atom is 0.342 e. The van der Waals surface area contributed by atoms with Gasteiger partial charge in [-0.1, -0.05) is 12.1 Å². The molecule has 0 amide bonds. The molecule has 1 aromatic carbocycles. The van der Waals surface area contributed by atoms with E-state index in [0.29, 0.717) is 0 Å². The van der Waals surface area contributed by atoms with Crippen LogP contribution in [0.3, 0.4) is 0 Å². The smallest absolute Gasteiger partial charge is 0.342 e. The van der Waals surface area contributed by atoms with Crippen molar-refractivity contribution in [2.75, 3.05) is 0 Å².